The number of nitrogens with one attached hydrogen (secondary N) is 2. The minimum atomic E-state index is -0.730. The normalized spacial score (nSPS) is 20.2. The molecule has 3 N–H and O–H groups in total. The second-order valence-electron chi connectivity index (χ2n) is 6.25. The molecule has 1 fully saturated rings. The van der Waals surface area contributed by atoms with Gasteiger partial charge in [0.05, 0.1) is 12.5 Å². The number of hydrogen-bond donors (Lipinski definition) is 3. The molecule has 1 aromatic rings. The monoisotopic (exact) mass is 334 g/mol. The fourth-order valence-corrected chi connectivity index (χ4v) is 2.90. The molecule has 0 atom stereocenters. The average molecular weight is 334 g/mol. The van der Waals surface area contributed by atoms with Gasteiger partial charge in [0, 0.05) is 12.6 Å². The van der Waals surface area contributed by atoms with Crippen LogP contribution in [0.4, 0.5) is 4.79 Å². The summed E-state index contributed by atoms with van der Waals surface area (Å²) in [7, 11) is 0. The Morgan fingerprint density at radius 1 is 1.21 bits per heavy atom. The first-order valence-electron chi connectivity index (χ1n) is 8.52. The molecule has 132 valence electrons. The Morgan fingerprint density at radius 2 is 1.92 bits per heavy atom. The lowest BCUT2D eigenvalue weighted by atomic mass is 9.86. The van der Waals surface area contributed by atoms with Crippen LogP contribution < -0.4 is 15.4 Å². The molecule has 24 heavy (non-hydrogen) atoms. The van der Waals surface area contributed by atoms with Gasteiger partial charge in [-0.25, -0.2) is 4.79 Å². The van der Waals surface area contributed by atoms with Crippen molar-refractivity contribution in [3.8, 4) is 5.75 Å². The Bertz CT molecular complexity index is 554. The van der Waals surface area contributed by atoms with E-state index >= 15 is 0 Å². The van der Waals surface area contributed by atoms with Gasteiger partial charge in [0.2, 0.25) is 0 Å². The van der Waals surface area contributed by atoms with Crippen LogP contribution in [-0.4, -0.2) is 36.3 Å². The molecule has 0 aliphatic heterocycles. The van der Waals surface area contributed by atoms with Crippen LogP contribution in [-0.2, 0) is 4.79 Å². The van der Waals surface area contributed by atoms with Crippen molar-refractivity contribution < 1.29 is 19.4 Å². The molecule has 0 spiro atoms. The summed E-state index contributed by atoms with van der Waals surface area (Å²) in [6.45, 7) is 3.09. The summed E-state index contributed by atoms with van der Waals surface area (Å²) >= 11 is 0. The summed E-state index contributed by atoms with van der Waals surface area (Å²) < 4.78 is 5.68. The van der Waals surface area contributed by atoms with Crippen molar-refractivity contribution >= 4 is 12.0 Å². The molecule has 0 heterocycles. The molecule has 0 aromatic heterocycles. The molecule has 0 bridgehead atoms. The number of hydrogen-bond acceptors (Lipinski definition) is 3. The highest BCUT2D eigenvalue weighted by Gasteiger charge is 2.26. The van der Waals surface area contributed by atoms with E-state index in [1.165, 1.54) is 0 Å². The molecule has 0 saturated heterocycles. The number of carbonyl (C=O) groups is 2. The van der Waals surface area contributed by atoms with Crippen LogP contribution in [0.15, 0.2) is 24.3 Å². The van der Waals surface area contributed by atoms with Gasteiger partial charge in [0.15, 0.2) is 0 Å². The summed E-state index contributed by atoms with van der Waals surface area (Å²) in [4.78, 5) is 22.7. The third-order valence-corrected chi connectivity index (χ3v) is 4.37. The summed E-state index contributed by atoms with van der Waals surface area (Å²) in [5, 5.41) is 14.7. The van der Waals surface area contributed by atoms with Crippen molar-refractivity contribution in [3.05, 3.63) is 29.8 Å². The zero-order valence-electron chi connectivity index (χ0n) is 14.1. The highest BCUT2D eigenvalue weighted by molar-refractivity contribution is 5.74. The first-order valence-corrected chi connectivity index (χ1v) is 8.52. The Labute approximate surface area is 142 Å². The predicted octanol–water partition coefficient (Wildman–Crippen LogP) is 2.71. The number of amides is 2. The van der Waals surface area contributed by atoms with E-state index in [9.17, 15) is 9.59 Å². The molecule has 0 radical (unpaired) electrons. The van der Waals surface area contributed by atoms with E-state index in [1.54, 1.807) is 0 Å². The first-order chi connectivity index (χ1) is 11.6. The molecule has 1 aromatic carbocycles. The first kappa shape index (κ1) is 18.1. The number of aliphatic carboxylic acids is 1. The summed E-state index contributed by atoms with van der Waals surface area (Å²) in [6, 6.07) is 7.72. The van der Waals surface area contributed by atoms with Crippen LogP contribution >= 0.6 is 0 Å². The van der Waals surface area contributed by atoms with E-state index in [2.05, 4.69) is 10.6 Å². The van der Waals surface area contributed by atoms with Gasteiger partial charge in [-0.3, -0.25) is 4.79 Å². The lowest BCUT2D eigenvalue weighted by Gasteiger charge is -2.26. The zero-order chi connectivity index (χ0) is 17.4. The predicted molar refractivity (Wildman–Crippen MR) is 91.2 cm³/mol. The number of ether oxygens (including phenoxy) is 1. The standard InChI is InChI=1S/C18H26N2O4/c1-13-5-2-3-6-16(13)24-12-4-11-19-18(23)20-15-9-7-14(8-10-15)17(21)22/h2-3,5-6,14-15H,4,7-12H2,1H3,(H,21,22)(H2,19,20,23). The Kier molecular flexibility index (Phi) is 6.90. The Morgan fingerprint density at radius 3 is 2.58 bits per heavy atom. The van der Waals surface area contributed by atoms with Gasteiger partial charge < -0.3 is 20.5 Å². The van der Waals surface area contributed by atoms with Crippen LogP contribution in [0.3, 0.4) is 0 Å². The van der Waals surface area contributed by atoms with Gasteiger partial charge in [-0.05, 0) is 50.7 Å². The minimum Gasteiger partial charge on any atom is -0.493 e. The van der Waals surface area contributed by atoms with Gasteiger partial charge in [0.25, 0.3) is 0 Å². The fraction of sp³-hybridized carbons (Fsp3) is 0.556. The molecule has 6 heteroatoms. The number of aryl methyl sites for hydroxylation is 1. The molecule has 2 rings (SSSR count). The molecule has 0 unspecified atom stereocenters. The second kappa shape index (κ2) is 9.15. The van der Waals surface area contributed by atoms with Crippen molar-refractivity contribution in [3.63, 3.8) is 0 Å². The van der Waals surface area contributed by atoms with E-state index in [-0.39, 0.29) is 18.0 Å². The van der Waals surface area contributed by atoms with Crippen LogP contribution in [0, 0.1) is 12.8 Å². The summed E-state index contributed by atoms with van der Waals surface area (Å²) in [6.07, 6.45) is 3.43. The molecule has 1 aliphatic carbocycles. The van der Waals surface area contributed by atoms with Crippen molar-refractivity contribution in [2.24, 2.45) is 5.92 Å². The third kappa shape index (κ3) is 5.76. The number of rotatable bonds is 7. The number of benzene rings is 1. The van der Waals surface area contributed by atoms with Crippen molar-refractivity contribution in [1.29, 1.82) is 0 Å². The maximum Gasteiger partial charge on any atom is 0.315 e. The van der Waals surface area contributed by atoms with Crippen LogP contribution in [0.5, 0.6) is 5.75 Å². The zero-order valence-corrected chi connectivity index (χ0v) is 14.1. The third-order valence-electron chi connectivity index (χ3n) is 4.37. The van der Waals surface area contributed by atoms with Gasteiger partial charge in [-0.2, -0.15) is 0 Å². The van der Waals surface area contributed by atoms with E-state index in [0.717, 1.165) is 30.6 Å². The number of urea groups is 1. The highest BCUT2D eigenvalue weighted by atomic mass is 16.5. The molecule has 1 saturated carbocycles. The van der Waals surface area contributed by atoms with Gasteiger partial charge in [0.1, 0.15) is 5.75 Å². The number of carbonyl (C=O) groups excluding carboxylic acids is 1. The van der Waals surface area contributed by atoms with Crippen molar-refractivity contribution in [1.82, 2.24) is 10.6 Å². The molecular weight excluding hydrogens is 308 g/mol. The number of para-hydroxylation sites is 1. The maximum atomic E-state index is 11.8. The topological polar surface area (TPSA) is 87.7 Å². The van der Waals surface area contributed by atoms with Crippen LogP contribution in [0.1, 0.15) is 37.7 Å². The van der Waals surface area contributed by atoms with Gasteiger partial charge in [-0.15, -0.1) is 0 Å². The second-order valence-corrected chi connectivity index (χ2v) is 6.25. The molecular formula is C18H26N2O4. The molecule has 6 nitrogen and oxygen atoms in total. The SMILES string of the molecule is Cc1ccccc1OCCCNC(=O)NC1CCC(C(=O)O)CC1. The maximum absolute atomic E-state index is 11.8. The summed E-state index contributed by atoms with van der Waals surface area (Å²) in [5.74, 6) is -0.117. The van der Waals surface area contributed by atoms with Gasteiger partial charge >= 0.3 is 12.0 Å². The average Bonchev–Trinajstić information content (AvgIpc) is 2.56. The summed E-state index contributed by atoms with van der Waals surface area (Å²) in [5.41, 5.74) is 1.10. The van der Waals surface area contributed by atoms with Crippen LogP contribution in [0.2, 0.25) is 0 Å². The Hall–Kier alpha value is -2.24. The quantitative estimate of drug-likeness (QED) is 0.669. The van der Waals surface area contributed by atoms with E-state index in [4.69, 9.17) is 9.84 Å². The van der Waals surface area contributed by atoms with Crippen LogP contribution in [0.25, 0.3) is 0 Å². The fourth-order valence-electron chi connectivity index (χ4n) is 2.90. The Balaban J connectivity index is 1.56. The van der Waals surface area contributed by atoms with E-state index in [1.807, 2.05) is 31.2 Å². The molecule has 1 aliphatic rings. The lowest BCUT2D eigenvalue weighted by molar-refractivity contribution is -0.142. The smallest absolute Gasteiger partial charge is 0.315 e. The highest BCUT2D eigenvalue weighted by Crippen LogP contribution is 2.24. The number of carboxylic acid groups (broad SMARTS) is 1. The van der Waals surface area contributed by atoms with E-state index in [0.29, 0.717) is 26.0 Å². The van der Waals surface area contributed by atoms with Gasteiger partial charge in [-0.1, -0.05) is 18.2 Å². The lowest BCUT2D eigenvalue weighted by Crippen LogP contribution is -2.44. The largest absolute Gasteiger partial charge is 0.493 e. The van der Waals surface area contributed by atoms with Crippen molar-refractivity contribution in [2.45, 2.75) is 45.1 Å². The van der Waals surface area contributed by atoms with E-state index < -0.39 is 5.97 Å². The number of carboxylic acids is 1. The van der Waals surface area contributed by atoms with Crippen molar-refractivity contribution in [2.75, 3.05) is 13.2 Å². The molecule has 2 amide bonds. The minimum absolute atomic E-state index is 0.0730.